The molecule has 0 heterocycles. The summed E-state index contributed by atoms with van der Waals surface area (Å²) in [5.74, 6) is 0.348. The Morgan fingerprint density at radius 1 is 0.800 bits per heavy atom. The van der Waals surface area contributed by atoms with E-state index in [9.17, 15) is 9.59 Å². The molecule has 0 spiro atoms. The molecule has 4 nitrogen and oxygen atoms in total. The molecular weight excluding hydrogens is 392 g/mol. The van der Waals surface area contributed by atoms with Crippen LogP contribution in [0.2, 0.25) is 0 Å². The van der Waals surface area contributed by atoms with Crippen molar-refractivity contribution in [2.45, 2.75) is 19.9 Å². The van der Waals surface area contributed by atoms with Gasteiger partial charge in [0.25, 0.3) is 0 Å². The fourth-order valence-electron chi connectivity index (χ4n) is 3.03. The van der Waals surface area contributed by atoms with Crippen LogP contribution in [0.3, 0.4) is 0 Å². The van der Waals surface area contributed by atoms with E-state index in [-0.39, 0.29) is 23.3 Å². The highest BCUT2D eigenvalue weighted by Gasteiger charge is 2.16. The molecular formula is C25H26N2O2S. The van der Waals surface area contributed by atoms with Gasteiger partial charge in [-0.3, -0.25) is 9.59 Å². The van der Waals surface area contributed by atoms with Crippen LogP contribution in [0, 0.1) is 0 Å². The number of carbonyl (C=O) groups excluding carboxylic acids is 2. The number of nitrogens with one attached hydrogen (secondary N) is 1. The maximum absolute atomic E-state index is 12.9. The molecule has 0 saturated heterocycles. The zero-order valence-electron chi connectivity index (χ0n) is 17.1. The van der Waals surface area contributed by atoms with Crippen molar-refractivity contribution in [1.82, 2.24) is 0 Å². The summed E-state index contributed by atoms with van der Waals surface area (Å²) in [6, 6.07) is 27.4. The molecule has 0 aromatic heterocycles. The van der Waals surface area contributed by atoms with Crippen molar-refractivity contribution in [2.75, 3.05) is 21.7 Å². The van der Waals surface area contributed by atoms with Gasteiger partial charge in [-0.15, -0.1) is 11.8 Å². The largest absolute Gasteiger partial charge is 0.325 e. The average Bonchev–Trinajstić information content (AvgIpc) is 2.79. The third-order valence-corrected chi connectivity index (χ3v) is 5.57. The van der Waals surface area contributed by atoms with Gasteiger partial charge in [0.2, 0.25) is 11.8 Å². The summed E-state index contributed by atoms with van der Waals surface area (Å²) in [6.07, 6.45) is 0.965. The molecule has 3 aromatic carbocycles. The summed E-state index contributed by atoms with van der Waals surface area (Å²) >= 11 is 1.33. The van der Waals surface area contributed by atoms with Crippen molar-refractivity contribution in [3.63, 3.8) is 0 Å². The van der Waals surface area contributed by atoms with Gasteiger partial charge in [-0.2, -0.15) is 0 Å². The third kappa shape index (κ3) is 6.49. The van der Waals surface area contributed by atoms with Crippen LogP contribution < -0.4 is 10.2 Å². The summed E-state index contributed by atoms with van der Waals surface area (Å²) in [5.41, 5.74) is 3.92. The molecule has 5 heteroatoms. The van der Waals surface area contributed by atoms with Crippen LogP contribution in [0.15, 0.2) is 84.9 Å². The van der Waals surface area contributed by atoms with Crippen LogP contribution in [-0.4, -0.2) is 23.3 Å². The van der Waals surface area contributed by atoms with Crippen molar-refractivity contribution < 1.29 is 9.59 Å². The van der Waals surface area contributed by atoms with E-state index in [0.29, 0.717) is 6.54 Å². The standard InChI is InChI=1S/C25H26N2O2S/c1-2-20-13-15-22(16-14-20)26-24(28)18-30-19-25(29)27(23-11-7-4-8-12-23)17-21-9-5-3-6-10-21/h3-16H,2,17-19H2,1H3,(H,26,28). The van der Waals surface area contributed by atoms with Crippen LogP contribution in [0.25, 0.3) is 0 Å². The molecule has 0 atom stereocenters. The summed E-state index contributed by atoms with van der Waals surface area (Å²) < 4.78 is 0. The zero-order valence-corrected chi connectivity index (χ0v) is 17.9. The Bertz CT molecular complexity index is 944. The van der Waals surface area contributed by atoms with Crippen molar-refractivity contribution in [3.05, 3.63) is 96.1 Å². The Morgan fingerprint density at radius 2 is 1.43 bits per heavy atom. The normalized spacial score (nSPS) is 10.4. The van der Waals surface area contributed by atoms with E-state index in [2.05, 4.69) is 12.2 Å². The Labute approximate surface area is 182 Å². The lowest BCUT2D eigenvalue weighted by atomic mass is 10.1. The minimum absolute atomic E-state index is 0.0184. The van der Waals surface area contributed by atoms with E-state index in [1.54, 1.807) is 4.90 Å². The maximum Gasteiger partial charge on any atom is 0.237 e. The topological polar surface area (TPSA) is 49.4 Å². The van der Waals surface area contributed by atoms with Crippen LogP contribution in [0.1, 0.15) is 18.1 Å². The highest BCUT2D eigenvalue weighted by molar-refractivity contribution is 8.00. The van der Waals surface area contributed by atoms with E-state index in [1.807, 2.05) is 84.9 Å². The monoisotopic (exact) mass is 418 g/mol. The maximum atomic E-state index is 12.9. The second kappa shape index (κ2) is 11.2. The lowest BCUT2D eigenvalue weighted by Crippen LogP contribution is -2.32. The molecule has 0 aliphatic heterocycles. The van der Waals surface area contributed by atoms with Gasteiger partial charge < -0.3 is 10.2 Å². The van der Waals surface area contributed by atoms with Crippen molar-refractivity contribution in [2.24, 2.45) is 0 Å². The number of para-hydroxylation sites is 1. The molecule has 3 aromatic rings. The van der Waals surface area contributed by atoms with E-state index >= 15 is 0 Å². The third-order valence-electron chi connectivity index (χ3n) is 4.66. The van der Waals surface area contributed by atoms with Gasteiger partial charge in [0.15, 0.2) is 0 Å². The number of hydrogen-bond acceptors (Lipinski definition) is 3. The minimum atomic E-state index is -0.105. The number of amides is 2. The highest BCUT2D eigenvalue weighted by Crippen LogP contribution is 2.19. The summed E-state index contributed by atoms with van der Waals surface area (Å²) in [4.78, 5) is 26.9. The number of nitrogens with zero attached hydrogens (tertiary/aromatic N) is 1. The molecule has 0 unspecified atom stereocenters. The first kappa shape index (κ1) is 21.7. The van der Waals surface area contributed by atoms with Crippen LogP contribution in [-0.2, 0) is 22.6 Å². The van der Waals surface area contributed by atoms with E-state index in [0.717, 1.165) is 23.4 Å². The molecule has 0 fully saturated rings. The fourth-order valence-corrected chi connectivity index (χ4v) is 3.72. The Balaban J connectivity index is 1.55. The molecule has 3 rings (SSSR count). The van der Waals surface area contributed by atoms with Crippen molar-refractivity contribution >= 4 is 35.0 Å². The lowest BCUT2D eigenvalue weighted by molar-refractivity contribution is -0.116. The second-order valence-corrected chi connectivity index (χ2v) is 7.88. The van der Waals surface area contributed by atoms with Gasteiger partial charge in [-0.05, 0) is 41.8 Å². The number of anilines is 2. The van der Waals surface area contributed by atoms with Crippen molar-refractivity contribution in [3.8, 4) is 0 Å². The second-order valence-electron chi connectivity index (χ2n) is 6.89. The average molecular weight is 419 g/mol. The molecule has 154 valence electrons. The van der Waals surface area contributed by atoms with Gasteiger partial charge in [0, 0.05) is 11.4 Å². The predicted molar refractivity (Wildman–Crippen MR) is 126 cm³/mol. The van der Waals surface area contributed by atoms with Crippen molar-refractivity contribution in [1.29, 1.82) is 0 Å². The molecule has 0 bridgehead atoms. The van der Waals surface area contributed by atoms with E-state index in [4.69, 9.17) is 0 Å². The molecule has 0 aliphatic carbocycles. The number of aryl methyl sites for hydroxylation is 1. The van der Waals surface area contributed by atoms with Gasteiger partial charge in [0.05, 0.1) is 18.1 Å². The van der Waals surface area contributed by atoms with E-state index < -0.39 is 0 Å². The lowest BCUT2D eigenvalue weighted by Gasteiger charge is -2.23. The number of thioether (sulfide) groups is 1. The van der Waals surface area contributed by atoms with Crippen LogP contribution >= 0.6 is 11.8 Å². The molecule has 0 aliphatic rings. The Hall–Kier alpha value is -3.05. The molecule has 2 amide bonds. The van der Waals surface area contributed by atoms with Gasteiger partial charge in [0.1, 0.15) is 0 Å². The highest BCUT2D eigenvalue weighted by atomic mass is 32.2. The van der Waals surface area contributed by atoms with Crippen LogP contribution in [0.5, 0.6) is 0 Å². The zero-order chi connectivity index (χ0) is 21.2. The number of benzene rings is 3. The predicted octanol–water partition coefficient (Wildman–Crippen LogP) is 5.15. The summed E-state index contributed by atoms with van der Waals surface area (Å²) in [7, 11) is 0. The quantitative estimate of drug-likeness (QED) is 0.523. The number of hydrogen-bond donors (Lipinski definition) is 1. The minimum Gasteiger partial charge on any atom is -0.325 e. The van der Waals surface area contributed by atoms with Crippen LogP contribution in [0.4, 0.5) is 11.4 Å². The SMILES string of the molecule is CCc1ccc(NC(=O)CSCC(=O)N(Cc2ccccc2)c2ccccc2)cc1. The van der Waals surface area contributed by atoms with Gasteiger partial charge in [-0.25, -0.2) is 0 Å². The first-order valence-electron chi connectivity index (χ1n) is 10.0. The first-order valence-corrected chi connectivity index (χ1v) is 11.2. The molecule has 1 N–H and O–H groups in total. The summed E-state index contributed by atoms with van der Waals surface area (Å²) in [6.45, 7) is 2.60. The molecule has 0 radical (unpaired) electrons. The molecule has 30 heavy (non-hydrogen) atoms. The van der Waals surface area contributed by atoms with E-state index in [1.165, 1.54) is 17.3 Å². The number of carbonyl (C=O) groups is 2. The first-order chi connectivity index (χ1) is 14.7. The summed E-state index contributed by atoms with van der Waals surface area (Å²) in [5, 5.41) is 2.88. The molecule has 0 saturated carbocycles. The Morgan fingerprint density at radius 3 is 2.07 bits per heavy atom. The van der Waals surface area contributed by atoms with Gasteiger partial charge in [-0.1, -0.05) is 67.6 Å². The van der Waals surface area contributed by atoms with Gasteiger partial charge >= 0.3 is 0 Å². The fraction of sp³-hybridized carbons (Fsp3) is 0.200. The smallest absolute Gasteiger partial charge is 0.237 e. The Kier molecular flexibility index (Phi) is 8.10. The number of rotatable bonds is 9.